The lowest BCUT2D eigenvalue weighted by Gasteiger charge is -2.41. The van der Waals surface area contributed by atoms with Crippen LogP contribution >= 0.6 is 22.6 Å². The summed E-state index contributed by atoms with van der Waals surface area (Å²) in [6, 6.07) is 2.58. The van der Waals surface area contributed by atoms with Crippen LogP contribution in [-0.2, 0) is 25.7 Å². The maximum Gasteiger partial charge on any atom is 0.249 e. The molecular weight excluding hydrogens is 611 g/mol. The van der Waals surface area contributed by atoms with Crippen LogP contribution in [0, 0.1) is 3.57 Å². The fraction of sp³-hybridized carbons (Fsp3) is 0.615. The van der Waals surface area contributed by atoms with Crippen molar-refractivity contribution in [2.24, 2.45) is 0 Å². The average Bonchev–Trinajstić information content (AvgIpc) is 3.44. The quantitative estimate of drug-likeness (QED) is 0.228. The number of benzene rings is 1. The lowest BCUT2D eigenvalue weighted by atomic mass is 9.88. The van der Waals surface area contributed by atoms with Crippen molar-refractivity contribution in [3.8, 4) is 11.5 Å². The van der Waals surface area contributed by atoms with Crippen molar-refractivity contribution in [1.29, 1.82) is 0 Å². The Bertz CT molecular complexity index is 984. The van der Waals surface area contributed by atoms with Crippen molar-refractivity contribution >= 4 is 34.4 Å². The van der Waals surface area contributed by atoms with E-state index in [1.807, 2.05) is 0 Å². The van der Waals surface area contributed by atoms with Crippen molar-refractivity contribution in [2.45, 2.75) is 57.1 Å². The molecule has 2 aliphatic rings. The van der Waals surface area contributed by atoms with Gasteiger partial charge in [0, 0.05) is 38.3 Å². The predicted octanol–water partition coefficient (Wildman–Crippen LogP) is 0.752. The third kappa shape index (κ3) is 7.79. The Morgan fingerprint density at radius 2 is 2.08 bits per heavy atom. The van der Waals surface area contributed by atoms with Gasteiger partial charge in [-0.15, -0.1) is 0 Å². The molecule has 0 bridgehead atoms. The third-order valence-corrected chi connectivity index (χ3v) is 7.32. The number of amides is 2. The van der Waals surface area contributed by atoms with Gasteiger partial charge in [-0.25, -0.2) is 0 Å². The molecule has 4 atom stereocenters. The molecule has 1 aromatic carbocycles. The van der Waals surface area contributed by atoms with Gasteiger partial charge in [-0.1, -0.05) is 0 Å². The van der Waals surface area contributed by atoms with Gasteiger partial charge >= 0.3 is 0 Å². The van der Waals surface area contributed by atoms with Crippen LogP contribution in [0.4, 0.5) is 0 Å². The SMILES string of the molecule is CCOCC(=O)N(CC1CCCO1)C1CC(C(=O)NCCO)=CC(Oc2c(I)cc(CO)cc2OC)C1O. The molecule has 1 fully saturated rings. The van der Waals surface area contributed by atoms with Crippen molar-refractivity contribution in [3.63, 3.8) is 0 Å². The molecular formula is C26H37IN2O9. The number of hydrogen-bond donors (Lipinski definition) is 4. The van der Waals surface area contributed by atoms with Crippen LogP contribution in [0.1, 0.15) is 31.7 Å². The number of carbonyl (C=O) groups is 2. The monoisotopic (exact) mass is 648 g/mol. The third-order valence-electron chi connectivity index (χ3n) is 6.51. The summed E-state index contributed by atoms with van der Waals surface area (Å²) in [6.45, 7) is 2.49. The molecule has 4 unspecified atom stereocenters. The second-order valence-electron chi connectivity index (χ2n) is 9.10. The molecule has 1 saturated heterocycles. The minimum absolute atomic E-state index is 0.0617. The highest BCUT2D eigenvalue weighted by molar-refractivity contribution is 14.1. The number of halogens is 1. The number of methoxy groups -OCH3 is 1. The van der Waals surface area contributed by atoms with Crippen LogP contribution in [0.5, 0.6) is 11.5 Å². The minimum atomic E-state index is -1.19. The molecule has 0 spiro atoms. The number of aliphatic hydroxyl groups is 3. The summed E-state index contributed by atoms with van der Waals surface area (Å²) < 4.78 is 23.5. The number of hydrogen-bond acceptors (Lipinski definition) is 9. The van der Waals surface area contributed by atoms with Gasteiger partial charge in [0.25, 0.3) is 0 Å². The van der Waals surface area contributed by atoms with Gasteiger partial charge in [-0.05, 0) is 66.1 Å². The van der Waals surface area contributed by atoms with Crippen LogP contribution < -0.4 is 14.8 Å². The van der Waals surface area contributed by atoms with Crippen molar-refractivity contribution in [3.05, 3.63) is 32.9 Å². The first-order valence-electron chi connectivity index (χ1n) is 12.7. The van der Waals surface area contributed by atoms with E-state index in [4.69, 9.17) is 18.9 Å². The largest absolute Gasteiger partial charge is 0.493 e. The van der Waals surface area contributed by atoms with Gasteiger partial charge in [0.15, 0.2) is 11.5 Å². The summed E-state index contributed by atoms with van der Waals surface area (Å²) in [6.07, 6.45) is 0.923. The van der Waals surface area contributed by atoms with E-state index in [1.54, 1.807) is 25.1 Å². The Hall–Kier alpha value is -1.97. The lowest BCUT2D eigenvalue weighted by Crippen LogP contribution is -2.57. The van der Waals surface area contributed by atoms with Crippen molar-refractivity contribution in [2.75, 3.05) is 46.6 Å². The highest BCUT2D eigenvalue weighted by Crippen LogP contribution is 2.37. The molecule has 3 rings (SSSR count). The molecule has 0 aromatic heterocycles. The topological polar surface area (TPSA) is 147 Å². The Labute approximate surface area is 236 Å². The Kier molecular flexibility index (Phi) is 12.1. The molecule has 2 amide bonds. The van der Waals surface area contributed by atoms with E-state index >= 15 is 0 Å². The van der Waals surface area contributed by atoms with Crippen molar-refractivity contribution in [1.82, 2.24) is 10.2 Å². The first kappa shape index (κ1) is 30.6. The summed E-state index contributed by atoms with van der Waals surface area (Å²) >= 11 is 2.05. The molecule has 1 heterocycles. The van der Waals surface area contributed by atoms with Crippen LogP contribution in [0.25, 0.3) is 0 Å². The molecule has 1 aromatic rings. The minimum Gasteiger partial charge on any atom is -0.493 e. The fourth-order valence-corrected chi connectivity index (χ4v) is 5.39. The number of nitrogens with one attached hydrogen (secondary N) is 1. The summed E-state index contributed by atoms with van der Waals surface area (Å²) in [7, 11) is 1.47. The van der Waals surface area contributed by atoms with E-state index in [9.17, 15) is 24.9 Å². The van der Waals surface area contributed by atoms with E-state index in [0.717, 1.165) is 12.8 Å². The van der Waals surface area contributed by atoms with Gasteiger partial charge in [-0.3, -0.25) is 9.59 Å². The second kappa shape index (κ2) is 15.0. The van der Waals surface area contributed by atoms with Gasteiger partial charge in [0.1, 0.15) is 18.8 Å². The Morgan fingerprint density at radius 1 is 1.29 bits per heavy atom. The Morgan fingerprint density at radius 3 is 2.71 bits per heavy atom. The molecule has 0 saturated carbocycles. The molecule has 11 nitrogen and oxygen atoms in total. The number of ether oxygens (including phenoxy) is 4. The van der Waals surface area contributed by atoms with Gasteiger partial charge in [0.05, 0.1) is 36.0 Å². The summed E-state index contributed by atoms with van der Waals surface area (Å²) in [4.78, 5) is 27.8. The molecule has 1 aliphatic heterocycles. The van der Waals surface area contributed by atoms with Crippen LogP contribution in [0.2, 0.25) is 0 Å². The van der Waals surface area contributed by atoms with E-state index in [2.05, 4.69) is 27.9 Å². The Balaban J connectivity index is 1.97. The van der Waals surface area contributed by atoms with Gasteiger partial charge in [0.2, 0.25) is 11.8 Å². The number of carbonyl (C=O) groups excluding carboxylic acids is 2. The molecule has 4 N–H and O–H groups in total. The zero-order valence-corrected chi connectivity index (χ0v) is 23.9. The van der Waals surface area contributed by atoms with E-state index in [0.29, 0.717) is 39.4 Å². The smallest absolute Gasteiger partial charge is 0.249 e. The zero-order valence-electron chi connectivity index (χ0n) is 21.7. The highest BCUT2D eigenvalue weighted by Gasteiger charge is 2.42. The first-order chi connectivity index (χ1) is 18.3. The van der Waals surface area contributed by atoms with Crippen molar-refractivity contribution < 1.29 is 43.9 Å². The fourth-order valence-electron chi connectivity index (χ4n) is 4.60. The summed E-state index contributed by atoms with van der Waals surface area (Å²) in [5.41, 5.74) is 0.950. The number of nitrogens with zero attached hydrogens (tertiary/aromatic N) is 1. The maximum atomic E-state index is 13.3. The molecule has 38 heavy (non-hydrogen) atoms. The lowest BCUT2D eigenvalue weighted by molar-refractivity contribution is -0.145. The number of aliphatic hydroxyl groups excluding tert-OH is 3. The van der Waals surface area contributed by atoms with E-state index < -0.39 is 24.2 Å². The first-order valence-corrected chi connectivity index (χ1v) is 13.8. The summed E-state index contributed by atoms with van der Waals surface area (Å²) in [5.74, 6) is -0.0379. The molecule has 0 radical (unpaired) electrons. The molecule has 212 valence electrons. The summed E-state index contributed by atoms with van der Waals surface area (Å²) in [5, 5.41) is 32.9. The van der Waals surface area contributed by atoms with E-state index in [1.165, 1.54) is 12.0 Å². The van der Waals surface area contributed by atoms with Crippen LogP contribution in [0.3, 0.4) is 0 Å². The van der Waals surface area contributed by atoms with Gasteiger partial charge < -0.3 is 44.5 Å². The second-order valence-corrected chi connectivity index (χ2v) is 10.3. The zero-order chi connectivity index (χ0) is 27.7. The maximum absolute atomic E-state index is 13.3. The van der Waals surface area contributed by atoms with Gasteiger partial charge in [-0.2, -0.15) is 0 Å². The van der Waals surface area contributed by atoms with E-state index in [-0.39, 0.29) is 51.3 Å². The average molecular weight is 648 g/mol. The molecule has 1 aliphatic carbocycles. The normalized spacial score (nSPS) is 23.1. The van der Waals surface area contributed by atoms with Crippen LogP contribution in [0.15, 0.2) is 23.8 Å². The molecule has 12 heteroatoms. The highest BCUT2D eigenvalue weighted by atomic mass is 127. The predicted molar refractivity (Wildman–Crippen MR) is 146 cm³/mol. The standard InChI is InChI=1S/C26H37IN2O9/c1-3-36-15-23(32)29(13-18-5-4-8-37-18)20-11-17(26(34)28-6-7-30)12-21(24(20)33)38-25-19(27)9-16(14-31)10-22(25)35-2/h9-10,12,18,20-21,24,30-31,33H,3-8,11,13-15H2,1-2H3,(H,28,34). The number of rotatable bonds is 13. The van der Waals surface area contributed by atoms with Crippen LogP contribution in [-0.4, -0.2) is 103 Å².